The Balaban J connectivity index is 1.31. The molecule has 152 valence electrons. The molecule has 2 aliphatic heterocycles. The molecule has 2 saturated heterocycles. The van der Waals surface area contributed by atoms with E-state index in [1.54, 1.807) is 6.07 Å². The molecule has 0 radical (unpaired) electrons. The first-order valence-electron chi connectivity index (χ1n) is 10.1. The molecule has 2 amide bonds. The maximum atomic E-state index is 13.2. The highest BCUT2D eigenvalue weighted by Gasteiger charge is 2.42. The van der Waals surface area contributed by atoms with Crippen molar-refractivity contribution in [3.63, 3.8) is 0 Å². The van der Waals surface area contributed by atoms with Crippen molar-refractivity contribution in [3.05, 3.63) is 71.0 Å². The van der Waals surface area contributed by atoms with Gasteiger partial charge in [-0.1, -0.05) is 18.2 Å². The third kappa shape index (κ3) is 4.32. The molecule has 0 aromatic heterocycles. The molecule has 2 unspecified atom stereocenters. The number of hydrogen-bond acceptors (Lipinski definition) is 3. The third-order valence-corrected chi connectivity index (χ3v) is 5.93. The summed E-state index contributed by atoms with van der Waals surface area (Å²) in [6.07, 6.45) is 3.61. The van der Waals surface area contributed by atoms with Gasteiger partial charge in [-0.2, -0.15) is 0 Å². The van der Waals surface area contributed by atoms with E-state index in [1.807, 2.05) is 29.2 Å². The quantitative estimate of drug-likeness (QED) is 0.817. The van der Waals surface area contributed by atoms with Gasteiger partial charge in [0.2, 0.25) is 0 Å². The molecule has 4 rings (SSSR count). The van der Waals surface area contributed by atoms with Crippen LogP contribution in [0.1, 0.15) is 52.0 Å². The summed E-state index contributed by atoms with van der Waals surface area (Å²) in [7, 11) is 0. The number of amides is 2. The van der Waals surface area contributed by atoms with Crippen LogP contribution in [0, 0.1) is 5.82 Å². The van der Waals surface area contributed by atoms with E-state index in [2.05, 4.69) is 5.32 Å². The van der Waals surface area contributed by atoms with Crippen molar-refractivity contribution in [1.29, 1.82) is 0 Å². The average molecular weight is 396 g/mol. The molecule has 5 nitrogen and oxygen atoms in total. The minimum atomic E-state index is -0.436. The summed E-state index contributed by atoms with van der Waals surface area (Å²) in [4.78, 5) is 26.9. The minimum absolute atomic E-state index is 0.0374. The Morgan fingerprint density at radius 2 is 1.72 bits per heavy atom. The summed E-state index contributed by atoms with van der Waals surface area (Å²) in [6, 6.07) is 13.4. The highest BCUT2D eigenvalue weighted by molar-refractivity contribution is 5.95. The number of carbonyl (C=O) groups is 2. The molecule has 2 N–H and O–H groups in total. The Labute approximate surface area is 169 Å². The number of aliphatic hydroxyl groups excluding tert-OH is 1. The summed E-state index contributed by atoms with van der Waals surface area (Å²) in [5.41, 5.74) is 1.97. The van der Waals surface area contributed by atoms with Gasteiger partial charge in [0, 0.05) is 29.8 Å². The number of rotatable bonds is 5. The SMILES string of the molecule is O=C(NCCc1ccc(C(=O)N2C3CCC2CC(O)C3)cc1)c1cccc(F)c1. The van der Waals surface area contributed by atoms with Crippen LogP contribution in [0.2, 0.25) is 0 Å². The van der Waals surface area contributed by atoms with Gasteiger partial charge in [-0.3, -0.25) is 9.59 Å². The maximum absolute atomic E-state index is 13.2. The predicted molar refractivity (Wildman–Crippen MR) is 107 cm³/mol. The van der Waals surface area contributed by atoms with Crippen LogP contribution >= 0.6 is 0 Å². The second-order valence-electron chi connectivity index (χ2n) is 7.94. The van der Waals surface area contributed by atoms with E-state index in [0.717, 1.165) is 18.4 Å². The van der Waals surface area contributed by atoms with Gasteiger partial charge in [0.25, 0.3) is 11.8 Å². The number of fused-ring (bicyclic) bond motifs is 2. The molecular weight excluding hydrogens is 371 g/mol. The van der Waals surface area contributed by atoms with Crippen molar-refractivity contribution < 1.29 is 19.1 Å². The van der Waals surface area contributed by atoms with Crippen molar-refractivity contribution >= 4 is 11.8 Å². The van der Waals surface area contributed by atoms with Gasteiger partial charge in [-0.15, -0.1) is 0 Å². The highest BCUT2D eigenvalue weighted by atomic mass is 19.1. The summed E-state index contributed by atoms with van der Waals surface area (Å²) in [5.74, 6) is -0.705. The number of benzene rings is 2. The van der Waals surface area contributed by atoms with Crippen LogP contribution < -0.4 is 5.32 Å². The van der Waals surface area contributed by atoms with E-state index >= 15 is 0 Å². The normalized spacial score (nSPS) is 23.1. The number of nitrogens with zero attached hydrogens (tertiary/aromatic N) is 1. The summed E-state index contributed by atoms with van der Waals surface area (Å²) in [5, 5.41) is 12.7. The summed E-state index contributed by atoms with van der Waals surface area (Å²) in [6.45, 7) is 0.427. The smallest absolute Gasteiger partial charge is 0.254 e. The third-order valence-electron chi connectivity index (χ3n) is 5.93. The zero-order valence-electron chi connectivity index (χ0n) is 16.2. The van der Waals surface area contributed by atoms with Crippen LogP contribution in [-0.4, -0.2) is 46.6 Å². The van der Waals surface area contributed by atoms with Crippen molar-refractivity contribution in [1.82, 2.24) is 10.2 Å². The van der Waals surface area contributed by atoms with Crippen LogP contribution in [0.15, 0.2) is 48.5 Å². The number of halogens is 1. The molecule has 2 bridgehead atoms. The van der Waals surface area contributed by atoms with Gasteiger partial charge >= 0.3 is 0 Å². The number of nitrogens with one attached hydrogen (secondary N) is 1. The van der Waals surface area contributed by atoms with Gasteiger partial charge in [0.15, 0.2) is 0 Å². The fourth-order valence-corrected chi connectivity index (χ4v) is 4.50. The van der Waals surface area contributed by atoms with Crippen LogP contribution in [0.5, 0.6) is 0 Å². The van der Waals surface area contributed by atoms with E-state index in [4.69, 9.17) is 0 Å². The molecular formula is C23H25FN2O3. The molecule has 2 fully saturated rings. The molecule has 0 spiro atoms. The van der Waals surface area contributed by atoms with Crippen molar-refractivity contribution in [2.45, 2.75) is 50.3 Å². The van der Waals surface area contributed by atoms with Gasteiger partial charge in [0.05, 0.1) is 6.10 Å². The van der Waals surface area contributed by atoms with Gasteiger partial charge in [-0.05, 0) is 68.0 Å². The maximum Gasteiger partial charge on any atom is 0.254 e. The molecule has 2 heterocycles. The minimum Gasteiger partial charge on any atom is -0.393 e. The second kappa shape index (κ2) is 8.33. The van der Waals surface area contributed by atoms with Gasteiger partial charge < -0.3 is 15.3 Å². The highest BCUT2D eigenvalue weighted by Crippen LogP contribution is 2.36. The topological polar surface area (TPSA) is 69.6 Å². The predicted octanol–water partition coefficient (Wildman–Crippen LogP) is 2.93. The van der Waals surface area contributed by atoms with Crippen LogP contribution in [0.3, 0.4) is 0 Å². The Morgan fingerprint density at radius 3 is 2.38 bits per heavy atom. The lowest BCUT2D eigenvalue weighted by molar-refractivity contribution is 0.0287. The largest absolute Gasteiger partial charge is 0.393 e. The molecule has 2 atom stereocenters. The lowest BCUT2D eigenvalue weighted by Gasteiger charge is -2.37. The molecule has 6 heteroatoms. The van der Waals surface area contributed by atoms with E-state index in [0.29, 0.717) is 36.9 Å². The summed E-state index contributed by atoms with van der Waals surface area (Å²) < 4.78 is 13.2. The van der Waals surface area contributed by atoms with Crippen LogP contribution in [0.4, 0.5) is 4.39 Å². The summed E-state index contributed by atoms with van der Waals surface area (Å²) >= 11 is 0. The molecule has 0 saturated carbocycles. The van der Waals surface area contributed by atoms with Gasteiger partial charge in [0.1, 0.15) is 5.82 Å². The molecule has 2 aliphatic rings. The monoisotopic (exact) mass is 396 g/mol. The fraction of sp³-hybridized carbons (Fsp3) is 0.391. The standard InChI is InChI=1S/C23H25FN2O3/c24-18-3-1-2-17(12-18)22(28)25-11-10-15-4-6-16(7-5-15)23(29)26-19-8-9-20(26)14-21(27)13-19/h1-7,12,19-21,27H,8-11,13-14H2,(H,25,28). The molecule has 29 heavy (non-hydrogen) atoms. The number of carbonyl (C=O) groups excluding carboxylic acids is 2. The zero-order chi connectivity index (χ0) is 20.4. The lowest BCUT2D eigenvalue weighted by atomic mass is 9.98. The van der Waals surface area contributed by atoms with E-state index < -0.39 is 5.82 Å². The molecule has 2 aromatic rings. The van der Waals surface area contributed by atoms with Crippen molar-refractivity contribution in [3.8, 4) is 0 Å². The Bertz CT molecular complexity index is 885. The second-order valence-corrected chi connectivity index (χ2v) is 7.94. The van der Waals surface area contributed by atoms with Crippen LogP contribution in [0.25, 0.3) is 0 Å². The average Bonchev–Trinajstić information content (AvgIpc) is 2.99. The van der Waals surface area contributed by atoms with E-state index in [9.17, 15) is 19.1 Å². The number of hydrogen-bond donors (Lipinski definition) is 2. The Kier molecular flexibility index (Phi) is 5.62. The van der Waals surface area contributed by atoms with E-state index in [1.165, 1.54) is 18.2 Å². The lowest BCUT2D eigenvalue weighted by Crippen LogP contribution is -2.48. The number of piperidine rings is 1. The Hall–Kier alpha value is -2.73. The first-order chi connectivity index (χ1) is 14.0. The molecule has 2 aromatic carbocycles. The first-order valence-corrected chi connectivity index (χ1v) is 10.1. The van der Waals surface area contributed by atoms with Crippen LogP contribution in [-0.2, 0) is 6.42 Å². The Morgan fingerprint density at radius 1 is 1.03 bits per heavy atom. The molecule has 0 aliphatic carbocycles. The van der Waals surface area contributed by atoms with Crippen molar-refractivity contribution in [2.75, 3.05) is 6.54 Å². The van der Waals surface area contributed by atoms with E-state index in [-0.39, 0.29) is 30.0 Å². The fourth-order valence-electron chi connectivity index (χ4n) is 4.50. The first kappa shape index (κ1) is 19.6. The van der Waals surface area contributed by atoms with Gasteiger partial charge in [-0.25, -0.2) is 4.39 Å². The number of aliphatic hydroxyl groups is 1. The van der Waals surface area contributed by atoms with Crippen molar-refractivity contribution in [2.24, 2.45) is 0 Å². The zero-order valence-corrected chi connectivity index (χ0v) is 16.2.